The van der Waals surface area contributed by atoms with Crippen LogP contribution in [0.2, 0.25) is 0 Å². The van der Waals surface area contributed by atoms with Crippen molar-refractivity contribution in [2.45, 2.75) is 6.92 Å². The maximum atomic E-state index is 12.1. The van der Waals surface area contributed by atoms with Crippen LogP contribution in [-0.2, 0) is 4.74 Å². The molecule has 5 heteroatoms. The summed E-state index contributed by atoms with van der Waals surface area (Å²) in [4.78, 5) is 12.1. The number of rotatable bonds is 3. The average Bonchev–Trinajstić information content (AvgIpc) is 2.98. The van der Waals surface area contributed by atoms with Crippen molar-refractivity contribution in [2.24, 2.45) is 0 Å². The highest BCUT2D eigenvalue weighted by Crippen LogP contribution is 2.47. The number of carbonyl (C=O) groups is 1. The summed E-state index contributed by atoms with van der Waals surface area (Å²) in [6, 6.07) is 11.1. The van der Waals surface area contributed by atoms with Gasteiger partial charge in [-0.2, -0.15) is 0 Å². The molecule has 0 saturated carbocycles. The van der Waals surface area contributed by atoms with Crippen LogP contribution in [0.25, 0.3) is 21.2 Å². The highest BCUT2D eigenvalue weighted by atomic mass is 32.1. The molecular weight excluding hydrogens is 300 g/mol. The highest BCUT2D eigenvalue weighted by Gasteiger charge is 2.26. The van der Waals surface area contributed by atoms with E-state index in [4.69, 9.17) is 4.74 Å². The second-order valence-corrected chi connectivity index (χ2v) is 5.61. The van der Waals surface area contributed by atoms with Crippen LogP contribution in [0, 0.1) is 0 Å². The number of carbonyl (C=O) groups excluding carboxylic acids is 1. The molecule has 0 radical (unpaired) electrons. The van der Waals surface area contributed by atoms with Gasteiger partial charge in [0.05, 0.1) is 11.3 Å². The molecule has 0 unspecified atom stereocenters. The number of fused-ring (bicyclic) bond motifs is 1. The van der Waals surface area contributed by atoms with Crippen molar-refractivity contribution >= 4 is 27.4 Å². The van der Waals surface area contributed by atoms with Crippen molar-refractivity contribution in [3.05, 3.63) is 47.3 Å². The van der Waals surface area contributed by atoms with Gasteiger partial charge in [-0.1, -0.05) is 30.3 Å². The number of phenols is 2. The number of aromatic hydroxyl groups is 2. The smallest absolute Gasteiger partial charge is 0.345 e. The fourth-order valence-electron chi connectivity index (χ4n) is 2.46. The second-order valence-electron chi connectivity index (χ2n) is 4.70. The van der Waals surface area contributed by atoms with Crippen LogP contribution >= 0.6 is 11.3 Å². The number of benzene rings is 2. The normalized spacial score (nSPS) is 10.8. The number of esters is 1. The SMILES string of the molecule is CCOC(=O)c1c(O)c(-c2ccccc2)c2ccsc2c1O. The van der Waals surface area contributed by atoms with E-state index < -0.39 is 5.97 Å². The van der Waals surface area contributed by atoms with Gasteiger partial charge in [-0.25, -0.2) is 4.79 Å². The monoisotopic (exact) mass is 314 g/mol. The zero-order valence-corrected chi connectivity index (χ0v) is 12.7. The topological polar surface area (TPSA) is 66.8 Å². The minimum absolute atomic E-state index is 0.168. The third kappa shape index (κ3) is 2.19. The molecule has 4 nitrogen and oxygen atoms in total. The molecule has 1 aromatic heterocycles. The Morgan fingerprint density at radius 2 is 1.86 bits per heavy atom. The summed E-state index contributed by atoms with van der Waals surface area (Å²) in [7, 11) is 0. The van der Waals surface area contributed by atoms with Crippen molar-refractivity contribution in [1.82, 2.24) is 0 Å². The van der Waals surface area contributed by atoms with Gasteiger partial charge in [-0.3, -0.25) is 0 Å². The van der Waals surface area contributed by atoms with Crippen LogP contribution in [0.5, 0.6) is 11.5 Å². The Kier molecular flexibility index (Phi) is 3.73. The van der Waals surface area contributed by atoms with Crippen LogP contribution in [0.1, 0.15) is 17.3 Å². The van der Waals surface area contributed by atoms with E-state index in [1.807, 2.05) is 41.8 Å². The van der Waals surface area contributed by atoms with Crippen LogP contribution in [0.4, 0.5) is 0 Å². The summed E-state index contributed by atoms with van der Waals surface area (Å²) in [5.74, 6) is -1.22. The number of ether oxygens (including phenoxy) is 1. The van der Waals surface area contributed by atoms with E-state index >= 15 is 0 Å². The van der Waals surface area contributed by atoms with Gasteiger partial charge in [-0.05, 0) is 23.9 Å². The van der Waals surface area contributed by atoms with Gasteiger partial charge in [-0.15, -0.1) is 11.3 Å². The van der Waals surface area contributed by atoms with Crippen LogP contribution < -0.4 is 0 Å². The van der Waals surface area contributed by atoms with Gasteiger partial charge in [0.15, 0.2) is 5.75 Å². The van der Waals surface area contributed by atoms with Crippen LogP contribution in [-0.4, -0.2) is 22.8 Å². The first kappa shape index (κ1) is 14.4. The lowest BCUT2D eigenvalue weighted by Crippen LogP contribution is -2.06. The molecule has 0 fully saturated rings. The Hall–Kier alpha value is -2.53. The summed E-state index contributed by atoms with van der Waals surface area (Å²) in [5, 5.41) is 23.4. The van der Waals surface area contributed by atoms with Crippen LogP contribution in [0.15, 0.2) is 41.8 Å². The maximum absolute atomic E-state index is 12.1. The predicted octanol–water partition coefficient (Wildman–Crippen LogP) is 4.16. The first-order valence-corrected chi connectivity index (χ1v) is 7.70. The fraction of sp³-hybridized carbons (Fsp3) is 0.118. The van der Waals surface area contributed by atoms with Gasteiger partial charge in [0, 0.05) is 10.9 Å². The molecule has 0 saturated heterocycles. The van der Waals surface area contributed by atoms with E-state index in [0.717, 1.165) is 5.56 Å². The first-order valence-electron chi connectivity index (χ1n) is 6.82. The van der Waals surface area contributed by atoms with E-state index in [1.54, 1.807) is 6.92 Å². The molecular formula is C17H14O4S. The van der Waals surface area contributed by atoms with Crippen molar-refractivity contribution < 1.29 is 19.7 Å². The molecule has 2 aromatic carbocycles. The molecule has 0 aliphatic rings. The molecule has 0 bridgehead atoms. The summed E-state index contributed by atoms with van der Waals surface area (Å²) >= 11 is 1.31. The van der Waals surface area contributed by atoms with Crippen molar-refractivity contribution in [2.75, 3.05) is 6.61 Å². The van der Waals surface area contributed by atoms with E-state index in [9.17, 15) is 15.0 Å². The van der Waals surface area contributed by atoms with Gasteiger partial charge < -0.3 is 14.9 Å². The van der Waals surface area contributed by atoms with Gasteiger partial charge in [0.25, 0.3) is 0 Å². The molecule has 0 amide bonds. The molecule has 22 heavy (non-hydrogen) atoms. The standard InChI is InChI=1S/C17H14O4S/c1-2-21-17(20)13-14(18)12(10-6-4-3-5-7-10)11-8-9-22-16(11)15(13)19/h3-9,18-19H,2H2,1H3. The van der Waals surface area contributed by atoms with Crippen LogP contribution in [0.3, 0.4) is 0 Å². The zero-order valence-electron chi connectivity index (χ0n) is 11.9. The molecule has 0 aliphatic carbocycles. The first-order chi connectivity index (χ1) is 10.6. The largest absolute Gasteiger partial charge is 0.506 e. The average molecular weight is 314 g/mol. The quantitative estimate of drug-likeness (QED) is 0.713. The summed E-state index contributed by atoms with van der Waals surface area (Å²) < 4.78 is 5.51. The Morgan fingerprint density at radius 3 is 2.55 bits per heavy atom. The molecule has 1 heterocycles. The third-order valence-electron chi connectivity index (χ3n) is 3.40. The van der Waals surface area contributed by atoms with Crippen molar-refractivity contribution in [3.63, 3.8) is 0 Å². The molecule has 3 aromatic rings. The summed E-state index contributed by atoms with van der Waals surface area (Å²) in [5.41, 5.74) is 1.11. The molecule has 0 spiro atoms. The van der Waals surface area contributed by atoms with Gasteiger partial charge in [0.2, 0.25) is 0 Å². The number of hydrogen-bond donors (Lipinski definition) is 2. The zero-order chi connectivity index (χ0) is 15.7. The maximum Gasteiger partial charge on any atom is 0.345 e. The molecule has 112 valence electrons. The number of hydrogen-bond acceptors (Lipinski definition) is 5. The summed E-state index contributed by atoms with van der Waals surface area (Å²) in [6.45, 7) is 1.84. The Labute approximate surface area is 131 Å². The Bertz CT molecular complexity index is 837. The Balaban J connectivity index is 2.36. The van der Waals surface area contributed by atoms with E-state index in [-0.39, 0.29) is 23.7 Å². The number of phenolic OH excluding ortho intramolecular Hbond substituents is 2. The molecule has 0 atom stereocenters. The van der Waals surface area contributed by atoms with E-state index in [1.165, 1.54) is 11.3 Å². The molecule has 2 N–H and O–H groups in total. The second kappa shape index (κ2) is 5.69. The Morgan fingerprint density at radius 1 is 1.14 bits per heavy atom. The van der Waals surface area contributed by atoms with Crippen molar-refractivity contribution in [1.29, 1.82) is 0 Å². The van der Waals surface area contributed by atoms with E-state index in [0.29, 0.717) is 15.6 Å². The predicted molar refractivity (Wildman–Crippen MR) is 86.5 cm³/mol. The lowest BCUT2D eigenvalue weighted by atomic mass is 9.97. The highest BCUT2D eigenvalue weighted by molar-refractivity contribution is 7.17. The minimum atomic E-state index is -0.731. The molecule has 0 aliphatic heterocycles. The van der Waals surface area contributed by atoms with Gasteiger partial charge in [0.1, 0.15) is 11.3 Å². The van der Waals surface area contributed by atoms with Gasteiger partial charge >= 0.3 is 5.97 Å². The fourth-order valence-corrected chi connectivity index (χ4v) is 3.31. The minimum Gasteiger partial charge on any atom is -0.506 e. The summed E-state index contributed by atoms with van der Waals surface area (Å²) in [6.07, 6.45) is 0. The number of thiophene rings is 1. The third-order valence-corrected chi connectivity index (χ3v) is 4.32. The van der Waals surface area contributed by atoms with Crippen molar-refractivity contribution in [3.8, 4) is 22.6 Å². The lowest BCUT2D eigenvalue weighted by molar-refractivity contribution is 0.0520. The van der Waals surface area contributed by atoms with E-state index in [2.05, 4.69) is 0 Å². The molecule has 3 rings (SSSR count). The lowest BCUT2D eigenvalue weighted by Gasteiger charge is -2.13.